The standard InChI is InChI=1S/C79H96N10O23S2/c1-45-35-77(44-88-47(3)55(37-81-88)53-16-17-61(83-65(53)72(100)101)86-27-20-49-10-8-11-54(56(49)38-86)70(98)84-75-82-57-12-4-5-13-60(57)113-75)36-46(2)79(45)24-22-78(43-77,23-25-79)110-30-29-85(28-21-52(91)40-90)76(104)109-41-50-15-14-48(33-59(50)111-74-68(97)66(95)67(96)69(112-74)73(102)103)9-6-7-26-80-62(92)39-87-51(42-108-31-32-114(105,106)107)34-58(71(87)99)89-63(93)18-19-64(89)94/h4-5,8,10-19,33,37,45-46,51-52,58,66-69,74,90-91,95-97H,6-7,9,20-32,34-36,38-44H2,1-3H3,(H,80,92)(H,100,101)(H,102,103)(H,82,84,98)(H,105,106,107)/t45?,46?,51-,52-,58-,66-,67-,68+,69-,74+,77?,78?,79?/m0/s1. The van der Waals surface area contributed by atoms with E-state index in [-0.39, 0.29) is 79.4 Å². The van der Waals surface area contributed by atoms with Crippen LogP contribution >= 0.6 is 11.3 Å². The van der Waals surface area contributed by atoms with E-state index in [0.29, 0.717) is 96.8 Å². The van der Waals surface area contributed by atoms with Crippen molar-refractivity contribution in [3.63, 3.8) is 0 Å². The van der Waals surface area contributed by atoms with Gasteiger partial charge < -0.3 is 79.4 Å². The summed E-state index contributed by atoms with van der Waals surface area (Å²) in [5, 5.41) is 84.8. The summed E-state index contributed by atoms with van der Waals surface area (Å²) in [4.78, 5) is 121. The first-order chi connectivity index (χ1) is 54.4. The number of carbonyl (C=O) groups is 8. The highest BCUT2D eigenvalue weighted by Crippen LogP contribution is 2.66. The molecule has 612 valence electrons. The molecule has 3 aromatic heterocycles. The zero-order valence-electron chi connectivity index (χ0n) is 63.4. The monoisotopic (exact) mass is 1620 g/mol. The number of ether oxygens (including phenoxy) is 5. The third-order valence-corrected chi connectivity index (χ3v) is 25.7. The summed E-state index contributed by atoms with van der Waals surface area (Å²) in [5.41, 5.74) is 4.67. The first kappa shape index (κ1) is 82.6. The number of rotatable bonds is 33. The Bertz CT molecular complexity index is 4710. The lowest BCUT2D eigenvalue weighted by molar-refractivity contribution is -0.271. The molecule has 4 aliphatic heterocycles. The lowest BCUT2D eigenvalue weighted by atomic mass is 9.43. The number of pyridine rings is 1. The van der Waals surface area contributed by atoms with E-state index in [1.807, 2.05) is 59.0 Å². The smallest absolute Gasteiger partial charge is 0.410 e. The molecular formula is C79H96N10O23S2. The second kappa shape index (κ2) is 34.6. The number of aromatic carboxylic acids is 1. The summed E-state index contributed by atoms with van der Waals surface area (Å²) in [6, 6.07) is 19.6. The van der Waals surface area contributed by atoms with Crippen LogP contribution in [-0.2, 0) is 85.6 Å². The Balaban J connectivity index is 0.663. The van der Waals surface area contributed by atoms with Gasteiger partial charge in [-0.05, 0) is 160 Å². The molecule has 35 heteroatoms. The molecule has 33 nitrogen and oxygen atoms in total. The quantitative estimate of drug-likeness (QED) is 0.0146. The molecule has 10 N–H and O–H groups in total. The highest BCUT2D eigenvalue weighted by Gasteiger charge is 2.61. The van der Waals surface area contributed by atoms with E-state index in [1.165, 1.54) is 22.3 Å². The van der Waals surface area contributed by atoms with Gasteiger partial charge in [0, 0.05) is 85.8 Å². The SMILES string of the molecule is Cc1c(-c2ccc(N3CCc4cccc(C(=O)Nc5nc6ccccc6s5)c4C3)nc2C(=O)O)cnn1CC12CC(C)C3(CCC(OCCN(CC[C@H](O)CO)C(=O)OCc4ccc(CCCCNC(=O)CN5C(=O)[C@@H](N6C(=O)C=CC6=O)C[C@H]5COCCS(=O)(=O)O)cc4O[C@@H]4O[C@H](C(=O)O)[C@@H](O)[C@H](O)[C@H]4O)(CC3)C1)C(C)C2. The van der Waals surface area contributed by atoms with Gasteiger partial charge in [0.15, 0.2) is 16.9 Å². The third kappa shape index (κ3) is 18.0. The van der Waals surface area contributed by atoms with Gasteiger partial charge in [-0.1, -0.05) is 61.6 Å². The molecule has 2 saturated heterocycles. The average Bonchev–Trinajstić information content (AvgIpc) is 0.984. The number of nitrogens with zero attached hydrogens (tertiary/aromatic N) is 8. The van der Waals surface area contributed by atoms with Crippen LogP contribution in [0.4, 0.5) is 15.7 Å². The molecule has 6 saturated carbocycles. The van der Waals surface area contributed by atoms with Crippen molar-refractivity contribution in [2.24, 2.45) is 22.7 Å². The molecule has 1 spiro atoms. The lowest BCUT2D eigenvalue weighted by Crippen LogP contribution is -2.61. The number of aliphatic carboxylic acids is 1. The number of aryl methyl sites for hydroxylation is 1. The third-order valence-electron chi connectivity index (χ3n) is 24.0. The van der Waals surface area contributed by atoms with Crippen LogP contribution in [0, 0.1) is 29.6 Å². The zero-order chi connectivity index (χ0) is 81.1. The number of benzene rings is 3. The Kier molecular flexibility index (Phi) is 25.0. The van der Waals surface area contributed by atoms with Gasteiger partial charge in [-0.2, -0.15) is 13.5 Å². The number of nitrogens with one attached hydrogen (secondary N) is 2. The molecule has 6 aromatic rings. The number of thiazole rings is 1. The molecule has 16 rings (SSSR count). The van der Waals surface area contributed by atoms with Gasteiger partial charge in [-0.25, -0.2) is 24.4 Å². The number of carboxylic acids is 2. The van der Waals surface area contributed by atoms with E-state index < -0.39 is 138 Å². The second-order valence-corrected chi connectivity index (χ2v) is 33.9. The number of aliphatic hydroxyl groups is 5. The van der Waals surface area contributed by atoms with Crippen LogP contribution < -0.4 is 20.3 Å². The number of imide groups is 1. The molecule has 114 heavy (non-hydrogen) atoms. The van der Waals surface area contributed by atoms with Gasteiger partial charge in [-0.15, -0.1) is 0 Å². The van der Waals surface area contributed by atoms with Crippen molar-refractivity contribution in [2.75, 3.05) is 75.1 Å². The second-order valence-electron chi connectivity index (χ2n) is 31.3. The number of unbranched alkanes of at least 4 members (excludes halogenated alkanes) is 1. The Labute approximate surface area is 660 Å². The van der Waals surface area contributed by atoms with Gasteiger partial charge >= 0.3 is 18.0 Å². The molecule has 0 radical (unpaired) electrons. The number of para-hydroxylation sites is 1. The van der Waals surface area contributed by atoms with E-state index in [9.17, 15) is 82.5 Å². The first-order valence-corrected chi connectivity index (χ1v) is 40.9. The Hall–Kier alpha value is -9.40. The fourth-order valence-corrected chi connectivity index (χ4v) is 19.3. The van der Waals surface area contributed by atoms with Crippen LogP contribution in [0.25, 0.3) is 21.3 Å². The number of hydrogen-bond acceptors (Lipinski definition) is 25. The van der Waals surface area contributed by atoms with Gasteiger partial charge in [0.2, 0.25) is 18.1 Å². The van der Waals surface area contributed by atoms with Crippen LogP contribution in [0.3, 0.4) is 0 Å². The maximum absolute atomic E-state index is 14.5. The highest BCUT2D eigenvalue weighted by molar-refractivity contribution is 7.85. The lowest BCUT2D eigenvalue weighted by Gasteiger charge is -2.64. The van der Waals surface area contributed by atoms with Gasteiger partial charge in [0.05, 0.1) is 72.9 Å². The normalized spacial score (nSPS) is 26.2. The number of likely N-dealkylation sites (tertiary alicyclic amines) is 1. The van der Waals surface area contributed by atoms with Crippen LogP contribution in [0.2, 0.25) is 0 Å². The van der Waals surface area contributed by atoms with Crippen molar-refractivity contribution in [1.82, 2.24) is 39.8 Å². The average molecular weight is 1620 g/mol. The summed E-state index contributed by atoms with van der Waals surface area (Å²) < 4.78 is 64.8. The number of anilines is 2. The van der Waals surface area contributed by atoms with E-state index in [2.05, 4.69) is 29.5 Å². The van der Waals surface area contributed by atoms with Gasteiger partial charge in [-0.3, -0.25) is 43.4 Å². The summed E-state index contributed by atoms with van der Waals surface area (Å²) in [5.74, 6) is -5.53. The molecular weight excluding hydrogens is 1520 g/mol. The maximum Gasteiger partial charge on any atom is 0.410 e. The largest absolute Gasteiger partial charge is 0.479 e. The number of carboxylic acid groups (broad SMARTS) is 2. The molecule has 3 bridgehead atoms. The topological polar surface area (TPSA) is 459 Å². The number of amides is 6. The Morgan fingerprint density at radius 1 is 0.868 bits per heavy atom. The van der Waals surface area contributed by atoms with Gasteiger partial charge in [0.25, 0.3) is 27.8 Å². The van der Waals surface area contributed by atoms with Crippen LogP contribution in [-0.4, -0.2) is 250 Å². The molecule has 7 heterocycles. The Morgan fingerprint density at radius 3 is 2.34 bits per heavy atom. The fraction of sp³-hybridized carbons (Fsp3) is 0.532. The van der Waals surface area contributed by atoms with Crippen molar-refractivity contribution in [2.45, 2.75) is 178 Å². The number of aromatic nitrogens is 4. The Morgan fingerprint density at radius 2 is 1.62 bits per heavy atom. The maximum atomic E-state index is 14.5. The minimum atomic E-state index is -4.38. The summed E-state index contributed by atoms with van der Waals surface area (Å²) in [7, 11) is -4.38. The summed E-state index contributed by atoms with van der Waals surface area (Å²) >= 11 is 1.39. The van der Waals surface area contributed by atoms with E-state index in [4.69, 9.17) is 38.3 Å². The fourth-order valence-electron chi connectivity index (χ4n) is 18.1. The van der Waals surface area contributed by atoms with Crippen molar-refractivity contribution >= 4 is 90.2 Å². The van der Waals surface area contributed by atoms with E-state index in [0.717, 1.165) is 87.5 Å². The molecule has 2 unspecified atom stereocenters. The van der Waals surface area contributed by atoms with Crippen molar-refractivity contribution in [3.05, 3.63) is 130 Å². The number of fused-ring (bicyclic) bond motifs is 2. The number of hydrogen-bond donors (Lipinski definition) is 10. The number of aliphatic hydroxyl groups excluding tert-OH is 5. The summed E-state index contributed by atoms with van der Waals surface area (Å²) in [6.07, 6.45) is -0.874. The van der Waals surface area contributed by atoms with E-state index >= 15 is 0 Å². The van der Waals surface area contributed by atoms with Crippen LogP contribution in [0.1, 0.15) is 133 Å². The highest BCUT2D eigenvalue weighted by atomic mass is 32.2. The van der Waals surface area contributed by atoms with E-state index in [1.54, 1.807) is 30.5 Å². The predicted octanol–water partition coefficient (Wildman–Crippen LogP) is 5.04. The van der Waals surface area contributed by atoms with Gasteiger partial charge in [0.1, 0.15) is 42.5 Å². The first-order valence-electron chi connectivity index (χ1n) is 38.4. The zero-order valence-corrected chi connectivity index (χ0v) is 65.0. The molecule has 8 fully saturated rings. The van der Waals surface area contributed by atoms with Crippen molar-refractivity contribution in [3.8, 4) is 16.9 Å². The van der Waals surface area contributed by atoms with Crippen LogP contribution in [0.5, 0.6) is 5.75 Å². The summed E-state index contributed by atoms with van der Waals surface area (Å²) in [6.45, 7) is 5.81. The number of carbonyl (C=O) groups excluding carboxylic acids is 6. The predicted molar refractivity (Wildman–Crippen MR) is 409 cm³/mol. The molecule has 10 aliphatic rings. The van der Waals surface area contributed by atoms with Crippen LogP contribution in [0.15, 0.2) is 91.1 Å². The van der Waals surface area contributed by atoms with Crippen molar-refractivity contribution < 1.29 is 111 Å². The molecule has 10 atom stereocenters. The molecule has 6 aliphatic carbocycles. The molecule has 3 aromatic carbocycles. The van der Waals surface area contributed by atoms with Crippen molar-refractivity contribution in [1.29, 1.82) is 0 Å². The molecule has 6 amide bonds. The minimum Gasteiger partial charge on any atom is -0.479 e. The minimum absolute atomic E-state index is 0.00394.